The largest absolute Gasteiger partial charge is 0.228 e. The number of benzene rings is 1. The maximum absolute atomic E-state index is 11.9. The highest BCUT2D eigenvalue weighted by Crippen LogP contribution is 2.14. The monoisotopic (exact) mass is 240 g/mol. The van der Waals surface area contributed by atoms with Crippen molar-refractivity contribution in [3.8, 4) is 0 Å². The Labute approximate surface area is 98.6 Å². The number of sulfone groups is 1. The Balaban J connectivity index is 2.66. The highest BCUT2D eigenvalue weighted by atomic mass is 32.2. The molecule has 0 fully saturated rings. The summed E-state index contributed by atoms with van der Waals surface area (Å²) in [4.78, 5) is 0. The molecule has 90 valence electrons. The summed E-state index contributed by atoms with van der Waals surface area (Å²) in [6.45, 7) is 4.10. The van der Waals surface area contributed by atoms with Gasteiger partial charge >= 0.3 is 0 Å². The first-order chi connectivity index (χ1) is 7.57. The van der Waals surface area contributed by atoms with Crippen LogP contribution in [0.15, 0.2) is 30.3 Å². The second-order valence-electron chi connectivity index (χ2n) is 4.22. The predicted octanol–water partition coefficient (Wildman–Crippen LogP) is 3.04. The zero-order valence-electron chi connectivity index (χ0n) is 10.0. The van der Waals surface area contributed by atoms with E-state index in [1.165, 1.54) is 0 Å². The van der Waals surface area contributed by atoms with Gasteiger partial charge in [-0.15, -0.1) is 0 Å². The van der Waals surface area contributed by atoms with Crippen LogP contribution in [0.25, 0.3) is 0 Å². The highest BCUT2D eigenvalue weighted by molar-refractivity contribution is 7.90. The van der Waals surface area contributed by atoms with E-state index in [2.05, 4.69) is 0 Å². The Hall–Kier alpha value is -0.830. The molecule has 2 nitrogen and oxygen atoms in total. The first kappa shape index (κ1) is 13.2. The predicted molar refractivity (Wildman–Crippen MR) is 68.0 cm³/mol. The van der Waals surface area contributed by atoms with Gasteiger partial charge in [0.2, 0.25) is 0 Å². The van der Waals surface area contributed by atoms with Gasteiger partial charge < -0.3 is 0 Å². The van der Waals surface area contributed by atoms with E-state index < -0.39 is 9.84 Å². The first-order valence-electron chi connectivity index (χ1n) is 5.81. The van der Waals surface area contributed by atoms with Crippen LogP contribution in [0.1, 0.15) is 32.3 Å². The van der Waals surface area contributed by atoms with Crippen LogP contribution in [0.4, 0.5) is 0 Å². The topological polar surface area (TPSA) is 34.1 Å². The van der Waals surface area contributed by atoms with E-state index in [0.29, 0.717) is 11.7 Å². The fraction of sp³-hybridized carbons (Fsp3) is 0.538. The summed E-state index contributed by atoms with van der Waals surface area (Å²) in [5.41, 5.74) is 0.883. The molecule has 0 atom stereocenters. The smallest absolute Gasteiger partial charge is 0.154 e. The van der Waals surface area contributed by atoms with E-state index in [1.54, 1.807) is 0 Å². The van der Waals surface area contributed by atoms with Gasteiger partial charge in [0.25, 0.3) is 0 Å². The molecular weight excluding hydrogens is 220 g/mol. The number of hydrogen-bond acceptors (Lipinski definition) is 2. The molecular formula is C13H20O2S. The lowest BCUT2D eigenvalue weighted by atomic mass is 10.1. The van der Waals surface area contributed by atoms with Crippen molar-refractivity contribution in [1.29, 1.82) is 0 Å². The molecule has 0 spiro atoms. The molecule has 0 heterocycles. The third kappa shape index (κ3) is 4.35. The minimum atomic E-state index is -2.96. The SMILES string of the molecule is CCC(CC)CS(=O)(=O)Cc1ccccc1. The van der Waals surface area contributed by atoms with Crippen molar-refractivity contribution in [3.05, 3.63) is 35.9 Å². The third-order valence-corrected chi connectivity index (χ3v) is 4.63. The first-order valence-corrected chi connectivity index (χ1v) is 7.64. The van der Waals surface area contributed by atoms with E-state index >= 15 is 0 Å². The van der Waals surface area contributed by atoms with E-state index in [0.717, 1.165) is 18.4 Å². The van der Waals surface area contributed by atoms with Crippen LogP contribution in [-0.2, 0) is 15.6 Å². The number of rotatable bonds is 6. The lowest BCUT2D eigenvalue weighted by molar-refractivity contribution is 0.523. The van der Waals surface area contributed by atoms with E-state index in [4.69, 9.17) is 0 Å². The van der Waals surface area contributed by atoms with Crippen molar-refractivity contribution in [2.45, 2.75) is 32.4 Å². The molecule has 0 aromatic heterocycles. The third-order valence-electron chi connectivity index (χ3n) is 2.87. The summed E-state index contributed by atoms with van der Waals surface area (Å²) in [6.07, 6.45) is 1.87. The fourth-order valence-electron chi connectivity index (χ4n) is 1.77. The van der Waals surface area contributed by atoms with E-state index in [-0.39, 0.29) is 5.75 Å². The molecule has 0 unspecified atom stereocenters. The number of hydrogen-bond donors (Lipinski definition) is 0. The molecule has 1 aromatic carbocycles. The van der Waals surface area contributed by atoms with E-state index in [9.17, 15) is 8.42 Å². The molecule has 16 heavy (non-hydrogen) atoms. The molecule has 0 bridgehead atoms. The van der Waals surface area contributed by atoms with Crippen LogP contribution in [-0.4, -0.2) is 14.2 Å². The van der Waals surface area contributed by atoms with E-state index in [1.807, 2.05) is 44.2 Å². The summed E-state index contributed by atoms with van der Waals surface area (Å²) < 4.78 is 23.9. The Kier molecular flexibility index (Phi) is 5.00. The molecule has 0 amide bonds. The van der Waals surface area contributed by atoms with Crippen LogP contribution in [0.2, 0.25) is 0 Å². The lowest BCUT2D eigenvalue weighted by Crippen LogP contribution is -2.16. The van der Waals surface area contributed by atoms with Gasteiger partial charge in [-0.05, 0) is 11.5 Å². The molecule has 0 aliphatic carbocycles. The molecule has 0 radical (unpaired) electrons. The average Bonchev–Trinajstić information content (AvgIpc) is 2.26. The fourth-order valence-corrected chi connectivity index (χ4v) is 3.78. The molecule has 1 rings (SSSR count). The Morgan fingerprint density at radius 2 is 1.62 bits per heavy atom. The van der Waals surface area contributed by atoms with Crippen LogP contribution in [0.5, 0.6) is 0 Å². The molecule has 0 saturated carbocycles. The quantitative estimate of drug-likeness (QED) is 0.766. The Morgan fingerprint density at radius 1 is 1.06 bits per heavy atom. The molecule has 1 aromatic rings. The maximum atomic E-state index is 11.9. The molecule has 0 N–H and O–H groups in total. The Bertz CT molecular complexity index is 391. The van der Waals surface area contributed by atoms with Crippen molar-refractivity contribution in [2.24, 2.45) is 5.92 Å². The van der Waals surface area contributed by atoms with Crippen molar-refractivity contribution in [2.75, 3.05) is 5.75 Å². The van der Waals surface area contributed by atoms with Gasteiger partial charge in [0.05, 0.1) is 11.5 Å². The minimum absolute atomic E-state index is 0.171. The van der Waals surface area contributed by atoms with Crippen LogP contribution in [0.3, 0.4) is 0 Å². The van der Waals surface area contributed by atoms with Crippen LogP contribution < -0.4 is 0 Å². The second kappa shape index (κ2) is 6.04. The summed E-state index contributed by atoms with van der Waals surface area (Å²) in [6, 6.07) is 9.38. The molecule has 0 aliphatic rings. The van der Waals surface area contributed by atoms with Crippen LogP contribution >= 0.6 is 0 Å². The van der Waals surface area contributed by atoms with Gasteiger partial charge in [0.15, 0.2) is 9.84 Å². The highest BCUT2D eigenvalue weighted by Gasteiger charge is 2.17. The summed E-state index contributed by atoms with van der Waals surface area (Å²) >= 11 is 0. The normalized spacial score (nSPS) is 11.9. The zero-order chi connectivity index (χ0) is 12.0. The van der Waals surface area contributed by atoms with Gasteiger partial charge in [-0.1, -0.05) is 57.0 Å². The Morgan fingerprint density at radius 3 is 2.12 bits per heavy atom. The van der Waals surface area contributed by atoms with Crippen molar-refractivity contribution in [1.82, 2.24) is 0 Å². The van der Waals surface area contributed by atoms with Gasteiger partial charge in [-0.2, -0.15) is 0 Å². The summed E-state index contributed by atoms with van der Waals surface area (Å²) in [7, 11) is -2.96. The summed E-state index contributed by atoms with van der Waals surface area (Å²) in [5, 5.41) is 0. The minimum Gasteiger partial charge on any atom is -0.228 e. The van der Waals surface area contributed by atoms with Crippen molar-refractivity contribution in [3.63, 3.8) is 0 Å². The van der Waals surface area contributed by atoms with Gasteiger partial charge in [-0.3, -0.25) is 0 Å². The summed E-state index contributed by atoms with van der Waals surface area (Å²) in [5.74, 6) is 0.785. The average molecular weight is 240 g/mol. The van der Waals surface area contributed by atoms with Crippen molar-refractivity contribution >= 4 is 9.84 Å². The zero-order valence-corrected chi connectivity index (χ0v) is 10.8. The molecule has 3 heteroatoms. The van der Waals surface area contributed by atoms with Gasteiger partial charge in [0, 0.05) is 0 Å². The standard InChI is InChI=1S/C13H20O2S/c1-3-12(4-2)10-16(14,15)11-13-8-6-5-7-9-13/h5-9,12H,3-4,10-11H2,1-2H3. The maximum Gasteiger partial charge on any atom is 0.154 e. The molecule has 0 saturated heterocycles. The molecule has 0 aliphatic heterocycles. The lowest BCUT2D eigenvalue weighted by Gasteiger charge is -2.12. The van der Waals surface area contributed by atoms with Crippen molar-refractivity contribution < 1.29 is 8.42 Å². The second-order valence-corrected chi connectivity index (χ2v) is 6.33. The van der Waals surface area contributed by atoms with Crippen LogP contribution in [0, 0.1) is 5.92 Å². The van der Waals surface area contributed by atoms with Gasteiger partial charge in [0.1, 0.15) is 0 Å². The van der Waals surface area contributed by atoms with Gasteiger partial charge in [-0.25, -0.2) is 8.42 Å².